The van der Waals surface area contributed by atoms with Crippen molar-refractivity contribution in [2.45, 2.75) is 13.8 Å². The Morgan fingerprint density at radius 2 is 1.85 bits per heavy atom. The minimum Gasteiger partial charge on any atom is -0.288 e. The molecule has 0 bridgehead atoms. The molecule has 0 aromatic rings. The van der Waals surface area contributed by atoms with Gasteiger partial charge in [0.25, 0.3) is 0 Å². The summed E-state index contributed by atoms with van der Waals surface area (Å²) in [6.45, 7) is 11.4. The summed E-state index contributed by atoms with van der Waals surface area (Å²) in [7, 11) is 1.76. The zero-order valence-electron chi connectivity index (χ0n) is 8.67. The van der Waals surface area contributed by atoms with Crippen LogP contribution in [0, 0.1) is 0 Å². The third-order valence-electron chi connectivity index (χ3n) is 1.77. The van der Waals surface area contributed by atoms with Crippen molar-refractivity contribution in [3.8, 4) is 0 Å². The number of hydrogen-bond acceptors (Lipinski definition) is 1. The van der Waals surface area contributed by atoms with Crippen LogP contribution in [0.25, 0.3) is 0 Å². The van der Waals surface area contributed by atoms with Gasteiger partial charge in [-0.15, -0.1) is 0 Å². The molecule has 0 aromatic carbocycles. The summed E-state index contributed by atoms with van der Waals surface area (Å²) in [5.74, 6) is 0. The van der Waals surface area contributed by atoms with E-state index in [2.05, 4.69) is 18.2 Å². The molecule has 1 heteroatoms. The Morgan fingerprint density at radius 3 is 2.15 bits per heavy atom. The first-order valence-corrected chi connectivity index (χ1v) is 4.26. The van der Waals surface area contributed by atoms with Crippen molar-refractivity contribution in [3.05, 3.63) is 48.6 Å². The summed E-state index contributed by atoms with van der Waals surface area (Å²) in [6.07, 6.45) is 7.57. The highest BCUT2D eigenvalue weighted by molar-refractivity contribution is 6.10. The van der Waals surface area contributed by atoms with E-state index in [0.717, 1.165) is 16.9 Å². The Bertz CT molecular complexity index is 277. The van der Waals surface area contributed by atoms with Crippen LogP contribution >= 0.6 is 0 Å². The first-order valence-electron chi connectivity index (χ1n) is 4.26. The lowest BCUT2D eigenvalue weighted by Crippen LogP contribution is -1.98. The van der Waals surface area contributed by atoms with Gasteiger partial charge in [-0.1, -0.05) is 31.4 Å². The Kier molecular flexibility index (Phi) is 5.53. The van der Waals surface area contributed by atoms with Crippen molar-refractivity contribution in [1.82, 2.24) is 0 Å². The maximum absolute atomic E-state index is 4.14. The van der Waals surface area contributed by atoms with Gasteiger partial charge in [-0.3, -0.25) is 4.99 Å². The summed E-state index contributed by atoms with van der Waals surface area (Å²) in [5.41, 5.74) is 3.09. The molecular formula is C12H17N. The normalized spacial score (nSPS) is 14.2. The van der Waals surface area contributed by atoms with Crippen LogP contribution in [0.3, 0.4) is 0 Å². The van der Waals surface area contributed by atoms with Gasteiger partial charge in [-0.05, 0) is 25.5 Å². The van der Waals surface area contributed by atoms with Gasteiger partial charge in [0.1, 0.15) is 0 Å². The van der Waals surface area contributed by atoms with Gasteiger partial charge >= 0.3 is 0 Å². The molecule has 0 saturated heterocycles. The van der Waals surface area contributed by atoms with Gasteiger partial charge in [0.2, 0.25) is 0 Å². The lowest BCUT2D eigenvalue weighted by Gasteiger charge is -2.04. The fraction of sp³-hybridized carbons (Fsp3) is 0.250. The SMILES string of the molecule is C=CC(=NC)C(/C=C\C)=C(/C)C=C. The van der Waals surface area contributed by atoms with Crippen molar-refractivity contribution < 1.29 is 0 Å². The van der Waals surface area contributed by atoms with Gasteiger partial charge in [0.05, 0.1) is 5.71 Å². The molecule has 0 N–H and O–H groups in total. The molecule has 13 heavy (non-hydrogen) atoms. The Labute approximate surface area is 80.9 Å². The molecule has 0 aromatic heterocycles. The van der Waals surface area contributed by atoms with E-state index in [1.54, 1.807) is 13.1 Å². The second-order valence-electron chi connectivity index (χ2n) is 2.61. The molecule has 0 fully saturated rings. The van der Waals surface area contributed by atoms with Gasteiger partial charge in [0, 0.05) is 12.6 Å². The van der Waals surface area contributed by atoms with Gasteiger partial charge in [-0.25, -0.2) is 0 Å². The zero-order valence-corrected chi connectivity index (χ0v) is 8.67. The van der Waals surface area contributed by atoms with Crippen molar-refractivity contribution in [2.75, 3.05) is 7.05 Å². The first kappa shape index (κ1) is 11.6. The van der Waals surface area contributed by atoms with E-state index in [1.807, 2.05) is 32.1 Å². The summed E-state index contributed by atoms with van der Waals surface area (Å²) in [6, 6.07) is 0. The van der Waals surface area contributed by atoms with Gasteiger partial charge in [-0.2, -0.15) is 0 Å². The topological polar surface area (TPSA) is 12.4 Å². The molecule has 0 heterocycles. The highest BCUT2D eigenvalue weighted by Crippen LogP contribution is 2.10. The minimum atomic E-state index is 0.899. The summed E-state index contributed by atoms with van der Waals surface area (Å²) < 4.78 is 0. The highest BCUT2D eigenvalue weighted by Gasteiger charge is 2.00. The average molecular weight is 175 g/mol. The van der Waals surface area contributed by atoms with E-state index in [9.17, 15) is 0 Å². The summed E-state index contributed by atoms with van der Waals surface area (Å²) in [4.78, 5) is 4.14. The largest absolute Gasteiger partial charge is 0.288 e. The molecule has 0 radical (unpaired) electrons. The third kappa shape index (κ3) is 3.24. The first-order chi connectivity index (χ1) is 6.21. The van der Waals surface area contributed by atoms with Crippen LogP contribution in [0.5, 0.6) is 0 Å². The second kappa shape index (κ2) is 6.18. The molecule has 0 amide bonds. The molecular weight excluding hydrogens is 158 g/mol. The number of hydrogen-bond donors (Lipinski definition) is 0. The molecule has 70 valence electrons. The maximum Gasteiger partial charge on any atom is 0.0639 e. The fourth-order valence-corrected chi connectivity index (χ4v) is 1.02. The lowest BCUT2D eigenvalue weighted by molar-refractivity contribution is 1.40. The smallest absolute Gasteiger partial charge is 0.0639 e. The van der Waals surface area contributed by atoms with E-state index in [-0.39, 0.29) is 0 Å². The van der Waals surface area contributed by atoms with Gasteiger partial charge in [0.15, 0.2) is 0 Å². The number of nitrogens with zero attached hydrogens (tertiary/aromatic N) is 1. The van der Waals surface area contributed by atoms with E-state index in [1.165, 1.54) is 0 Å². The highest BCUT2D eigenvalue weighted by atomic mass is 14.7. The standard InChI is InChI=1S/C12H17N/c1-6-9-11(10(4)7-2)12(8-3)13-5/h6-9H,2-3H2,1,4-5H3/b9-6-,11-10-,13-12?. The van der Waals surface area contributed by atoms with Crippen LogP contribution in [-0.2, 0) is 0 Å². The van der Waals surface area contributed by atoms with Crippen molar-refractivity contribution in [1.29, 1.82) is 0 Å². The monoisotopic (exact) mass is 175 g/mol. The van der Waals surface area contributed by atoms with E-state index < -0.39 is 0 Å². The molecule has 0 rings (SSSR count). The predicted octanol–water partition coefficient (Wildman–Crippen LogP) is 3.32. The Morgan fingerprint density at radius 1 is 1.23 bits per heavy atom. The third-order valence-corrected chi connectivity index (χ3v) is 1.77. The van der Waals surface area contributed by atoms with Crippen LogP contribution in [-0.4, -0.2) is 12.8 Å². The van der Waals surface area contributed by atoms with Crippen LogP contribution < -0.4 is 0 Å². The average Bonchev–Trinajstić information content (AvgIpc) is 2.17. The molecule has 0 aliphatic rings. The van der Waals surface area contributed by atoms with E-state index >= 15 is 0 Å². The zero-order chi connectivity index (χ0) is 10.3. The molecule has 0 atom stereocenters. The molecule has 0 spiro atoms. The quantitative estimate of drug-likeness (QED) is 0.459. The van der Waals surface area contributed by atoms with E-state index in [0.29, 0.717) is 0 Å². The molecule has 0 unspecified atom stereocenters. The van der Waals surface area contributed by atoms with Crippen LogP contribution in [0.1, 0.15) is 13.8 Å². The van der Waals surface area contributed by atoms with Gasteiger partial charge < -0.3 is 0 Å². The molecule has 0 aliphatic heterocycles. The Hall–Kier alpha value is -1.37. The fourth-order valence-electron chi connectivity index (χ4n) is 1.02. The minimum absolute atomic E-state index is 0.899. The summed E-state index contributed by atoms with van der Waals surface area (Å²) >= 11 is 0. The Balaban J connectivity index is 5.26. The van der Waals surface area contributed by atoms with Crippen LogP contribution in [0.4, 0.5) is 0 Å². The number of allylic oxidation sites excluding steroid dienone is 6. The van der Waals surface area contributed by atoms with Crippen LogP contribution in [0.15, 0.2) is 53.6 Å². The molecule has 1 nitrogen and oxygen atoms in total. The predicted molar refractivity (Wildman–Crippen MR) is 61.3 cm³/mol. The van der Waals surface area contributed by atoms with Crippen molar-refractivity contribution >= 4 is 5.71 Å². The lowest BCUT2D eigenvalue weighted by atomic mass is 10.0. The molecule has 0 aliphatic carbocycles. The second-order valence-corrected chi connectivity index (χ2v) is 2.61. The van der Waals surface area contributed by atoms with E-state index in [4.69, 9.17) is 0 Å². The van der Waals surface area contributed by atoms with Crippen LogP contribution in [0.2, 0.25) is 0 Å². The summed E-state index contributed by atoms with van der Waals surface area (Å²) in [5, 5.41) is 0. The number of aliphatic imine (C=N–C) groups is 1. The maximum atomic E-state index is 4.14. The number of rotatable bonds is 4. The van der Waals surface area contributed by atoms with Crippen molar-refractivity contribution in [2.24, 2.45) is 4.99 Å². The van der Waals surface area contributed by atoms with Crippen molar-refractivity contribution in [3.63, 3.8) is 0 Å². The molecule has 0 saturated carbocycles.